The van der Waals surface area contributed by atoms with Crippen LogP contribution in [0.4, 0.5) is 14.9 Å². The molecule has 1 aliphatic heterocycles. The van der Waals surface area contributed by atoms with Crippen molar-refractivity contribution in [3.05, 3.63) is 66.1 Å². The summed E-state index contributed by atoms with van der Waals surface area (Å²) in [4.78, 5) is 16.6. The SMILES string of the molecule is COc1cccc(N2CCC(CNC(=O)N(C)CCCc3cc(-c4cccc(F)c4)n[nH]3)C2)c1. The van der Waals surface area contributed by atoms with Gasteiger partial charge in [-0.25, -0.2) is 9.18 Å². The van der Waals surface area contributed by atoms with Crippen molar-refractivity contribution in [1.29, 1.82) is 0 Å². The van der Waals surface area contributed by atoms with Crippen molar-refractivity contribution in [3.8, 4) is 17.0 Å². The number of aryl methyl sites for hydroxylation is 1. The summed E-state index contributed by atoms with van der Waals surface area (Å²) >= 11 is 0. The number of hydrogen-bond acceptors (Lipinski definition) is 4. The van der Waals surface area contributed by atoms with Gasteiger partial charge in [-0.15, -0.1) is 0 Å². The molecule has 3 aromatic rings. The Labute approximate surface area is 199 Å². The van der Waals surface area contributed by atoms with E-state index in [2.05, 4.69) is 32.5 Å². The van der Waals surface area contributed by atoms with Gasteiger partial charge in [0.05, 0.1) is 12.8 Å². The topological polar surface area (TPSA) is 73.5 Å². The number of aromatic amines is 1. The highest BCUT2D eigenvalue weighted by Gasteiger charge is 2.23. The van der Waals surface area contributed by atoms with Crippen LogP contribution >= 0.6 is 0 Å². The molecule has 1 saturated heterocycles. The van der Waals surface area contributed by atoms with Crippen LogP contribution in [-0.4, -0.2) is 61.5 Å². The number of carbonyl (C=O) groups is 1. The monoisotopic (exact) mass is 465 g/mol. The maximum Gasteiger partial charge on any atom is 0.317 e. The van der Waals surface area contributed by atoms with Gasteiger partial charge in [-0.05, 0) is 55.5 Å². The van der Waals surface area contributed by atoms with E-state index < -0.39 is 0 Å². The van der Waals surface area contributed by atoms with Crippen LogP contribution in [0.1, 0.15) is 18.5 Å². The number of hydrogen-bond donors (Lipinski definition) is 2. The van der Waals surface area contributed by atoms with Crippen LogP contribution in [0, 0.1) is 11.7 Å². The molecule has 2 N–H and O–H groups in total. The highest BCUT2D eigenvalue weighted by Crippen LogP contribution is 2.26. The summed E-state index contributed by atoms with van der Waals surface area (Å²) in [6.07, 6.45) is 2.62. The van der Waals surface area contributed by atoms with E-state index in [0.717, 1.165) is 60.7 Å². The molecular weight excluding hydrogens is 433 g/mol. The lowest BCUT2D eigenvalue weighted by Crippen LogP contribution is -2.40. The minimum absolute atomic E-state index is 0.0510. The highest BCUT2D eigenvalue weighted by atomic mass is 19.1. The smallest absolute Gasteiger partial charge is 0.317 e. The first-order valence-corrected chi connectivity index (χ1v) is 11.7. The fraction of sp³-hybridized carbons (Fsp3) is 0.385. The maximum atomic E-state index is 13.4. The van der Waals surface area contributed by atoms with Crippen LogP contribution in [0.15, 0.2) is 54.6 Å². The summed E-state index contributed by atoms with van der Waals surface area (Å²) in [7, 11) is 3.49. The third-order valence-electron chi connectivity index (χ3n) is 6.28. The van der Waals surface area contributed by atoms with Crippen molar-refractivity contribution >= 4 is 11.7 Å². The quantitative estimate of drug-likeness (QED) is 0.494. The molecule has 1 atom stereocenters. The molecule has 7 nitrogen and oxygen atoms in total. The lowest BCUT2D eigenvalue weighted by Gasteiger charge is -2.21. The van der Waals surface area contributed by atoms with Crippen molar-refractivity contribution < 1.29 is 13.9 Å². The van der Waals surface area contributed by atoms with E-state index in [-0.39, 0.29) is 11.8 Å². The van der Waals surface area contributed by atoms with E-state index in [9.17, 15) is 9.18 Å². The van der Waals surface area contributed by atoms with Gasteiger partial charge < -0.3 is 19.9 Å². The third kappa shape index (κ3) is 6.07. The number of benzene rings is 2. The molecule has 1 fully saturated rings. The Morgan fingerprint density at radius 1 is 1.26 bits per heavy atom. The lowest BCUT2D eigenvalue weighted by atomic mass is 10.1. The Hall–Kier alpha value is -3.55. The molecule has 2 heterocycles. The van der Waals surface area contributed by atoms with E-state index in [0.29, 0.717) is 19.0 Å². The van der Waals surface area contributed by atoms with Crippen LogP contribution in [-0.2, 0) is 6.42 Å². The van der Waals surface area contributed by atoms with Crippen LogP contribution in [0.5, 0.6) is 5.75 Å². The molecule has 180 valence electrons. The summed E-state index contributed by atoms with van der Waals surface area (Å²) in [5.41, 5.74) is 3.59. The van der Waals surface area contributed by atoms with E-state index in [1.54, 1.807) is 18.1 Å². The average molecular weight is 466 g/mol. The van der Waals surface area contributed by atoms with Gasteiger partial charge in [-0.3, -0.25) is 5.10 Å². The predicted molar refractivity (Wildman–Crippen MR) is 132 cm³/mol. The summed E-state index contributed by atoms with van der Waals surface area (Å²) in [6, 6.07) is 16.4. The largest absolute Gasteiger partial charge is 0.497 e. The first-order valence-electron chi connectivity index (χ1n) is 11.7. The molecule has 0 spiro atoms. The van der Waals surface area contributed by atoms with Crippen LogP contribution < -0.4 is 15.0 Å². The lowest BCUT2D eigenvalue weighted by molar-refractivity contribution is 0.206. The molecule has 34 heavy (non-hydrogen) atoms. The summed E-state index contributed by atoms with van der Waals surface area (Å²) in [5, 5.41) is 10.4. The number of nitrogens with one attached hydrogen (secondary N) is 2. The normalized spacial score (nSPS) is 15.4. The van der Waals surface area contributed by atoms with Gasteiger partial charge in [0.15, 0.2) is 0 Å². The fourth-order valence-electron chi connectivity index (χ4n) is 4.30. The Bertz CT molecular complexity index is 1100. The molecule has 0 bridgehead atoms. The number of methoxy groups -OCH3 is 1. The molecule has 1 aromatic heterocycles. The standard InChI is InChI=1S/C26H32FN5O2/c1-31(12-5-8-22-15-25(30-29-22)20-6-3-7-21(27)14-20)26(33)28-17-19-11-13-32(18-19)23-9-4-10-24(16-23)34-2/h3-4,6-7,9-10,14-16,19H,5,8,11-13,17-18H2,1-2H3,(H,28,33)(H,29,30). The van der Waals surface area contributed by atoms with E-state index in [4.69, 9.17) is 4.74 Å². The second kappa shape index (κ2) is 11.0. The number of amides is 2. The minimum Gasteiger partial charge on any atom is -0.497 e. The van der Waals surface area contributed by atoms with Crippen molar-refractivity contribution in [2.24, 2.45) is 5.92 Å². The number of H-pyrrole nitrogens is 1. The molecule has 8 heteroatoms. The number of carbonyl (C=O) groups excluding carboxylic acids is 1. The van der Waals surface area contributed by atoms with Gasteiger partial charge in [0.25, 0.3) is 0 Å². The number of urea groups is 1. The highest BCUT2D eigenvalue weighted by molar-refractivity contribution is 5.73. The van der Waals surface area contributed by atoms with Crippen LogP contribution in [0.2, 0.25) is 0 Å². The Morgan fingerprint density at radius 2 is 2.12 bits per heavy atom. The van der Waals surface area contributed by atoms with Gasteiger partial charge >= 0.3 is 6.03 Å². The number of aromatic nitrogens is 2. The van der Waals surface area contributed by atoms with Gasteiger partial charge in [-0.2, -0.15) is 5.10 Å². The second-order valence-electron chi connectivity index (χ2n) is 8.80. The molecule has 1 unspecified atom stereocenters. The predicted octanol–water partition coefficient (Wildman–Crippen LogP) is 4.32. The zero-order valence-electron chi connectivity index (χ0n) is 19.8. The number of ether oxygens (including phenoxy) is 1. The maximum absolute atomic E-state index is 13.4. The van der Waals surface area contributed by atoms with Crippen LogP contribution in [0.25, 0.3) is 11.3 Å². The Balaban J connectivity index is 1.17. The summed E-state index contributed by atoms with van der Waals surface area (Å²) in [5.74, 6) is 1.01. The number of rotatable bonds is 9. The van der Waals surface area contributed by atoms with E-state index >= 15 is 0 Å². The number of nitrogens with zero attached hydrogens (tertiary/aromatic N) is 3. The molecule has 4 rings (SSSR count). The molecule has 1 aliphatic rings. The first-order chi connectivity index (χ1) is 16.5. The molecule has 0 radical (unpaired) electrons. The Morgan fingerprint density at radius 3 is 2.94 bits per heavy atom. The third-order valence-corrected chi connectivity index (χ3v) is 6.28. The summed E-state index contributed by atoms with van der Waals surface area (Å²) < 4.78 is 18.7. The van der Waals surface area contributed by atoms with E-state index in [1.807, 2.05) is 31.3 Å². The van der Waals surface area contributed by atoms with Crippen molar-refractivity contribution in [2.45, 2.75) is 19.3 Å². The van der Waals surface area contributed by atoms with Gasteiger partial charge in [0.2, 0.25) is 0 Å². The van der Waals surface area contributed by atoms with Crippen molar-refractivity contribution in [1.82, 2.24) is 20.4 Å². The molecule has 2 aromatic carbocycles. The summed E-state index contributed by atoms with van der Waals surface area (Å²) in [6.45, 7) is 3.21. The van der Waals surface area contributed by atoms with Gasteiger partial charge in [-0.1, -0.05) is 18.2 Å². The second-order valence-corrected chi connectivity index (χ2v) is 8.80. The van der Waals surface area contributed by atoms with E-state index in [1.165, 1.54) is 12.1 Å². The van der Waals surface area contributed by atoms with Gasteiger partial charge in [0, 0.05) is 56.2 Å². The van der Waals surface area contributed by atoms with Gasteiger partial charge in [0.1, 0.15) is 11.6 Å². The minimum atomic E-state index is -0.278. The number of anilines is 1. The number of halogens is 1. The zero-order chi connectivity index (χ0) is 23.9. The fourth-order valence-corrected chi connectivity index (χ4v) is 4.30. The van der Waals surface area contributed by atoms with Crippen molar-refractivity contribution in [3.63, 3.8) is 0 Å². The Kier molecular flexibility index (Phi) is 7.67. The molecular formula is C26H32FN5O2. The molecule has 2 amide bonds. The molecule has 0 aliphatic carbocycles. The first kappa shape index (κ1) is 23.6. The van der Waals surface area contributed by atoms with Crippen molar-refractivity contribution in [2.75, 3.05) is 45.2 Å². The molecule has 0 saturated carbocycles. The van der Waals surface area contributed by atoms with Crippen LogP contribution in [0.3, 0.4) is 0 Å². The average Bonchev–Trinajstić information content (AvgIpc) is 3.52. The zero-order valence-corrected chi connectivity index (χ0v) is 19.8.